The molecule has 3 heterocycles. The number of hydrogen-bond donors (Lipinski definition) is 2. The first-order valence-corrected chi connectivity index (χ1v) is 8.78. The number of aryl methyl sites for hydroxylation is 1. The molecule has 2 aromatic heterocycles. The lowest BCUT2D eigenvalue weighted by Gasteiger charge is -2.26. The highest BCUT2D eigenvalue weighted by Crippen LogP contribution is 2.23. The second kappa shape index (κ2) is 6.63. The van der Waals surface area contributed by atoms with Crippen LogP contribution in [-0.4, -0.2) is 39.1 Å². The molecule has 1 aliphatic rings. The van der Waals surface area contributed by atoms with Gasteiger partial charge in [0.05, 0.1) is 12.6 Å². The van der Waals surface area contributed by atoms with Crippen molar-refractivity contribution in [3.63, 3.8) is 0 Å². The van der Waals surface area contributed by atoms with Crippen molar-refractivity contribution < 1.29 is 4.79 Å². The van der Waals surface area contributed by atoms with Crippen LogP contribution >= 0.6 is 0 Å². The molecule has 0 saturated carbocycles. The van der Waals surface area contributed by atoms with Crippen LogP contribution in [0.15, 0.2) is 42.7 Å². The van der Waals surface area contributed by atoms with Crippen molar-refractivity contribution in [3.8, 4) is 0 Å². The maximum absolute atomic E-state index is 12.4. The first-order chi connectivity index (χ1) is 12.2. The minimum Gasteiger partial charge on any atom is -0.357 e. The van der Waals surface area contributed by atoms with Crippen LogP contribution in [0.1, 0.15) is 30.4 Å². The minimum absolute atomic E-state index is 0.0501. The Morgan fingerprint density at radius 1 is 1.44 bits per heavy atom. The van der Waals surface area contributed by atoms with Crippen molar-refractivity contribution in [2.24, 2.45) is 0 Å². The molecule has 6 nitrogen and oxygen atoms in total. The highest BCUT2D eigenvalue weighted by Gasteiger charge is 2.21. The van der Waals surface area contributed by atoms with Gasteiger partial charge in [-0.25, -0.2) is 9.78 Å². The van der Waals surface area contributed by atoms with Crippen LogP contribution in [0, 0.1) is 0 Å². The van der Waals surface area contributed by atoms with E-state index in [2.05, 4.69) is 32.0 Å². The van der Waals surface area contributed by atoms with Crippen LogP contribution in [0.2, 0.25) is 0 Å². The van der Waals surface area contributed by atoms with Crippen LogP contribution in [0.4, 0.5) is 4.79 Å². The number of hydrogen-bond acceptors (Lipinski definition) is 2. The number of para-hydroxylation sites is 1. The molecule has 0 spiro atoms. The molecule has 130 valence electrons. The first-order valence-electron chi connectivity index (χ1n) is 8.78. The van der Waals surface area contributed by atoms with Crippen molar-refractivity contribution in [2.45, 2.75) is 31.8 Å². The van der Waals surface area contributed by atoms with E-state index in [9.17, 15) is 4.79 Å². The highest BCUT2D eigenvalue weighted by atomic mass is 16.2. The predicted molar refractivity (Wildman–Crippen MR) is 97.4 cm³/mol. The summed E-state index contributed by atoms with van der Waals surface area (Å²) in [7, 11) is 1.82. The van der Waals surface area contributed by atoms with E-state index in [1.165, 1.54) is 5.39 Å². The number of amides is 2. The van der Waals surface area contributed by atoms with Crippen LogP contribution in [0.25, 0.3) is 10.9 Å². The van der Waals surface area contributed by atoms with Gasteiger partial charge in [0.15, 0.2) is 0 Å². The molecule has 25 heavy (non-hydrogen) atoms. The smallest absolute Gasteiger partial charge is 0.317 e. The molecule has 3 aromatic rings. The number of rotatable bonds is 4. The number of carbonyl (C=O) groups excluding carboxylic acids is 1. The van der Waals surface area contributed by atoms with Crippen LogP contribution < -0.4 is 5.32 Å². The van der Waals surface area contributed by atoms with E-state index in [1.54, 1.807) is 4.90 Å². The van der Waals surface area contributed by atoms with Gasteiger partial charge in [0, 0.05) is 43.6 Å². The third kappa shape index (κ3) is 3.24. The Hall–Kier alpha value is -2.76. The lowest BCUT2D eigenvalue weighted by molar-refractivity contribution is 0.203. The molecule has 6 heteroatoms. The van der Waals surface area contributed by atoms with Gasteiger partial charge in [-0.2, -0.15) is 0 Å². The Kier molecular flexibility index (Phi) is 4.17. The third-order valence-electron chi connectivity index (χ3n) is 4.91. The van der Waals surface area contributed by atoms with E-state index in [0.717, 1.165) is 36.3 Å². The van der Waals surface area contributed by atoms with Gasteiger partial charge in [-0.05, 0) is 30.4 Å². The molecule has 2 amide bonds. The Morgan fingerprint density at radius 3 is 3.20 bits per heavy atom. The van der Waals surface area contributed by atoms with Gasteiger partial charge in [0.25, 0.3) is 0 Å². The number of nitrogens with one attached hydrogen (secondary N) is 2. The summed E-state index contributed by atoms with van der Waals surface area (Å²) in [4.78, 5) is 21.9. The summed E-state index contributed by atoms with van der Waals surface area (Å²) in [6.07, 6.45) is 7.09. The first kappa shape index (κ1) is 15.7. The SMILES string of the molecule is CN(Cc1cc2ccccc2[nH]1)C(=O)NCC1CCCc2nccn21. The summed E-state index contributed by atoms with van der Waals surface area (Å²) in [5.74, 6) is 1.12. The number of benzene rings is 1. The van der Waals surface area contributed by atoms with Gasteiger partial charge in [-0.1, -0.05) is 18.2 Å². The van der Waals surface area contributed by atoms with Crippen LogP contribution in [0.3, 0.4) is 0 Å². The molecule has 0 aliphatic carbocycles. The molecular weight excluding hydrogens is 314 g/mol. The quantitative estimate of drug-likeness (QED) is 0.768. The van der Waals surface area contributed by atoms with E-state index in [1.807, 2.05) is 37.6 Å². The molecule has 4 rings (SSSR count). The second-order valence-electron chi connectivity index (χ2n) is 6.72. The molecule has 2 N–H and O–H groups in total. The summed E-state index contributed by atoms with van der Waals surface area (Å²) in [6, 6.07) is 10.5. The number of urea groups is 1. The number of fused-ring (bicyclic) bond motifs is 2. The zero-order chi connectivity index (χ0) is 17.2. The third-order valence-corrected chi connectivity index (χ3v) is 4.91. The van der Waals surface area contributed by atoms with E-state index in [-0.39, 0.29) is 6.03 Å². The van der Waals surface area contributed by atoms with Crippen molar-refractivity contribution in [3.05, 3.63) is 54.2 Å². The van der Waals surface area contributed by atoms with Gasteiger partial charge in [-0.3, -0.25) is 0 Å². The van der Waals surface area contributed by atoms with E-state index < -0.39 is 0 Å². The Morgan fingerprint density at radius 2 is 2.32 bits per heavy atom. The summed E-state index contributed by atoms with van der Waals surface area (Å²) < 4.78 is 2.20. The van der Waals surface area contributed by atoms with Crippen molar-refractivity contribution in [2.75, 3.05) is 13.6 Å². The highest BCUT2D eigenvalue weighted by molar-refractivity contribution is 5.80. The normalized spacial score (nSPS) is 16.6. The monoisotopic (exact) mass is 337 g/mol. The fourth-order valence-electron chi connectivity index (χ4n) is 3.59. The fourth-order valence-corrected chi connectivity index (χ4v) is 3.59. The topological polar surface area (TPSA) is 66.0 Å². The molecular formula is C19H23N5O. The van der Waals surface area contributed by atoms with E-state index >= 15 is 0 Å². The number of aromatic amines is 1. The zero-order valence-corrected chi connectivity index (χ0v) is 14.4. The summed E-state index contributed by atoms with van der Waals surface area (Å²) in [6.45, 7) is 1.20. The van der Waals surface area contributed by atoms with Crippen molar-refractivity contribution in [1.29, 1.82) is 0 Å². The Bertz CT molecular complexity index is 848. The number of H-pyrrole nitrogens is 1. The molecule has 0 radical (unpaired) electrons. The van der Waals surface area contributed by atoms with Gasteiger partial charge >= 0.3 is 6.03 Å². The molecule has 1 unspecified atom stereocenters. The van der Waals surface area contributed by atoms with Gasteiger partial charge in [-0.15, -0.1) is 0 Å². The van der Waals surface area contributed by atoms with Gasteiger partial charge in [0.1, 0.15) is 5.82 Å². The zero-order valence-electron chi connectivity index (χ0n) is 14.4. The van der Waals surface area contributed by atoms with Crippen LogP contribution in [-0.2, 0) is 13.0 Å². The standard InChI is InChI=1S/C19H23N5O/c1-23(13-15-11-14-5-2-3-7-17(14)22-15)19(25)21-12-16-6-4-8-18-20-9-10-24(16)18/h2-3,5,7,9-11,16,22H,4,6,8,12-13H2,1H3,(H,21,25). The number of carbonyl (C=O) groups is 1. The Balaban J connectivity index is 1.35. The maximum Gasteiger partial charge on any atom is 0.317 e. The number of aromatic nitrogens is 3. The lowest BCUT2D eigenvalue weighted by Crippen LogP contribution is -2.40. The minimum atomic E-state index is -0.0501. The van der Waals surface area contributed by atoms with Crippen molar-refractivity contribution >= 4 is 16.9 Å². The Labute approximate surface area is 146 Å². The molecule has 0 bridgehead atoms. The summed E-state index contributed by atoms with van der Waals surface area (Å²) in [5.41, 5.74) is 2.13. The largest absolute Gasteiger partial charge is 0.357 e. The lowest BCUT2D eigenvalue weighted by atomic mass is 10.0. The predicted octanol–water partition coefficient (Wildman–Crippen LogP) is 3.08. The van der Waals surface area contributed by atoms with E-state index in [4.69, 9.17) is 0 Å². The molecule has 1 atom stereocenters. The number of imidazole rings is 1. The second-order valence-corrected chi connectivity index (χ2v) is 6.72. The number of nitrogens with zero attached hydrogens (tertiary/aromatic N) is 3. The molecule has 0 fully saturated rings. The molecule has 1 aromatic carbocycles. The molecule has 1 aliphatic heterocycles. The summed E-state index contributed by atoms with van der Waals surface area (Å²) in [5, 5.41) is 4.23. The fraction of sp³-hybridized carbons (Fsp3) is 0.368. The van der Waals surface area contributed by atoms with E-state index in [0.29, 0.717) is 19.1 Å². The summed E-state index contributed by atoms with van der Waals surface area (Å²) >= 11 is 0. The average molecular weight is 337 g/mol. The average Bonchev–Trinajstić information content (AvgIpc) is 3.25. The van der Waals surface area contributed by atoms with Crippen LogP contribution in [0.5, 0.6) is 0 Å². The van der Waals surface area contributed by atoms with Gasteiger partial charge < -0.3 is 19.8 Å². The molecule has 0 saturated heterocycles. The van der Waals surface area contributed by atoms with Gasteiger partial charge in [0.2, 0.25) is 0 Å². The van der Waals surface area contributed by atoms with Crippen molar-refractivity contribution in [1.82, 2.24) is 24.8 Å². The maximum atomic E-state index is 12.4.